The van der Waals surface area contributed by atoms with E-state index < -0.39 is 39.6 Å². The third kappa shape index (κ3) is 4.63. The first-order valence-corrected chi connectivity index (χ1v) is 12.7. The van der Waals surface area contributed by atoms with Crippen LogP contribution in [0.4, 0.5) is 32.0 Å². The molecule has 0 unspecified atom stereocenters. The van der Waals surface area contributed by atoms with Gasteiger partial charge in [-0.2, -0.15) is 30.6 Å². The topological polar surface area (TPSA) is 60.9 Å². The predicted octanol–water partition coefficient (Wildman–Crippen LogP) is 4.44. The van der Waals surface area contributed by atoms with Gasteiger partial charge in [0.25, 0.3) is 5.60 Å². The average molecular weight is 541 g/mol. The van der Waals surface area contributed by atoms with Crippen LogP contribution in [0, 0.1) is 5.92 Å². The van der Waals surface area contributed by atoms with Crippen molar-refractivity contribution in [1.82, 2.24) is 4.31 Å². The Balaban J connectivity index is 1.58. The van der Waals surface area contributed by atoms with Gasteiger partial charge in [-0.25, -0.2) is 8.42 Å². The maximum absolute atomic E-state index is 13.4. The molecule has 2 aliphatic carbocycles. The van der Waals surface area contributed by atoms with Crippen molar-refractivity contribution in [2.75, 3.05) is 24.5 Å². The van der Waals surface area contributed by atoms with Crippen LogP contribution in [-0.4, -0.2) is 60.7 Å². The molecule has 35 heavy (non-hydrogen) atoms. The SMILES string of the molecule is O=S(=O)(C1=CC=CCC1=S)N1CCN(c2ccc(C(O)(C(F)(F)F)C(F)(F)F)cc2)C[C@H]1C1CC1. The number of piperazine rings is 1. The summed E-state index contributed by atoms with van der Waals surface area (Å²) in [7, 11) is -3.86. The molecule has 0 radical (unpaired) electrons. The molecule has 2 fully saturated rings. The van der Waals surface area contributed by atoms with Gasteiger partial charge in [-0.15, -0.1) is 0 Å². The molecule has 5 nitrogen and oxygen atoms in total. The Morgan fingerprint density at radius 1 is 0.971 bits per heavy atom. The van der Waals surface area contributed by atoms with E-state index in [1.165, 1.54) is 10.4 Å². The molecule has 13 heteroatoms. The van der Waals surface area contributed by atoms with Gasteiger partial charge in [0.15, 0.2) is 0 Å². The number of hydrogen-bond acceptors (Lipinski definition) is 5. The Hall–Kier alpha value is -1.96. The number of thiocarbonyl (C=S) groups is 1. The second-order valence-electron chi connectivity index (χ2n) is 8.81. The van der Waals surface area contributed by atoms with Crippen molar-refractivity contribution in [2.45, 2.75) is 43.3 Å². The van der Waals surface area contributed by atoms with Crippen LogP contribution in [0.1, 0.15) is 24.8 Å². The summed E-state index contributed by atoms with van der Waals surface area (Å²) in [5, 5.41) is 9.59. The van der Waals surface area contributed by atoms with E-state index >= 15 is 0 Å². The molecule has 1 saturated carbocycles. The smallest absolute Gasteiger partial charge is 0.369 e. The van der Waals surface area contributed by atoms with Crippen LogP contribution in [0.2, 0.25) is 0 Å². The number of aliphatic hydroxyl groups is 1. The summed E-state index contributed by atoms with van der Waals surface area (Å²) in [4.78, 5) is 2.13. The van der Waals surface area contributed by atoms with Crippen LogP contribution in [0.3, 0.4) is 0 Å². The van der Waals surface area contributed by atoms with E-state index in [2.05, 4.69) is 0 Å². The van der Waals surface area contributed by atoms with Crippen LogP contribution in [0.5, 0.6) is 0 Å². The van der Waals surface area contributed by atoms with Crippen molar-refractivity contribution in [3.63, 3.8) is 0 Å². The van der Waals surface area contributed by atoms with Crippen molar-refractivity contribution >= 4 is 32.8 Å². The van der Waals surface area contributed by atoms with Crippen LogP contribution in [0.15, 0.2) is 47.4 Å². The first kappa shape index (κ1) is 26.1. The lowest BCUT2D eigenvalue weighted by atomic mass is 9.92. The van der Waals surface area contributed by atoms with Gasteiger partial charge in [-0.05, 0) is 37.0 Å². The average Bonchev–Trinajstić information content (AvgIpc) is 3.62. The Morgan fingerprint density at radius 3 is 2.09 bits per heavy atom. The van der Waals surface area contributed by atoms with E-state index in [1.807, 2.05) is 0 Å². The fourth-order valence-electron chi connectivity index (χ4n) is 4.47. The fraction of sp³-hybridized carbons (Fsp3) is 0.500. The molecular formula is C22H22F6N2O3S2. The van der Waals surface area contributed by atoms with E-state index in [0.29, 0.717) is 29.1 Å². The zero-order valence-electron chi connectivity index (χ0n) is 18.2. The van der Waals surface area contributed by atoms with Gasteiger partial charge in [-0.3, -0.25) is 0 Å². The lowest BCUT2D eigenvalue weighted by molar-refractivity contribution is -0.376. The molecule has 0 bridgehead atoms. The van der Waals surface area contributed by atoms with Crippen LogP contribution >= 0.6 is 12.2 Å². The monoisotopic (exact) mass is 540 g/mol. The minimum atomic E-state index is -5.96. The number of hydrogen-bond donors (Lipinski definition) is 1. The maximum atomic E-state index is 13.4. The molecule has 1 heterocycles. The van der Waals surface area contributed by atoms with Crippen molar-refractivity contribution in [3.05, 3.63) is 53.0 Å². The molecular weight excluding hydrogens is 518 g/mol. The van der Waals surface area contributed by atoms with Crippen LogP contribution in [-0.2, 0) is 15.6 Å². The van der Waals surface area contributed by atoms with Gasteiger partial charge < -0.3 is 10.0 Å². The predicted molar refractivity (Wildman–Crippen MR) is 121 cm³/mol. The molecule has 1 aliphatic heterocycles. The summed E-state index contributed by atoms with van der Waals surface area (Å²) in [6.45, 7) is 0.492. The Bertz CT molecular complexity index is 1140. The highest BCUT2D eigenvalue weighted by Gasteiger charge is 2.71. The van der Waals surface area contributed by atoms with E-state index in [1.54, 1.807) is 17.1 Å². The highest BCUT2D eigenvalue weighted by molar-refractivity contribution is 7.96. The van der Waals surface area contributed by atoms with Gasteiger partial charge in [0.1, 0.15) is 0 Å². The molecule has 4 rings (SSSR count). The molecule has 0 amide bonds. The lowest BCUT2D eigenvalue weighted by Gasteiger charge is -2.42. The van der Waals surface area contributed by atoms with Gasteiger partial charge in [-0.1, -0.05) is 36.5 Å². The quantitative estimate of drug-likeness (QED) is 0.442. The van der Waals surface area contributed by atoms with Crippen molar-refractivity contribution in [2.24, 2.45) is 5.92 Å². The van der Waals surface area contributed by atoms with Crippen molar-refractivity contribution < 1.29 is 39.9 Å². The minimum Gasteiger partial charge on any atom is -0.369 e. The molecule has 1 N–H and O–H groups in total. The Labute approximate surface area is 203 Å². The summed E-state index contributed by atoms with van der Waals surface area (Å²) in [6, 6.07) is 2.95. The number of rotatable bonds is 5. The Kier molecular flexibility index (Phi) is 6.61. The number of alkyl halides is 6. The normalized spacial score (nSPS) is 22.9. The summed E-state index contributed by atoms with van der Waals surface area (Å²) >= 11 is 5.24. The van der Waals surface area contributed by atoms with Gasteiger partial charge >= 0.3 is 12.4 Å². The number of halogens is 6. The third-order valence-electron chi connectivity index (χ3n) is 6.55. The second-order valence-corrected chi connectivity index (χ2v) is 11.2. The summed E-state index contributed by atoms with van der Waals surface area (Å²) in [5.41, 5.74) is -6.01. The molecule has 192 valence electrons. The molecule has 1 atom stereocenters. The van der Waals surface area contributed by atoms with Crippen molar-refractivity contribution in [3.8, 4) is 0 Å². The molecule has 1 aromatic carbocycles. The van der Waals surface area contributed by atoms with E-state index in [0.717, 1.165) is 25.0 Å². The molecule has 3 aliphatic rings. The number of sulfonamides is 1. The minimum absolute atomic E-state index is 0.0806. The van der Waals surface area contributed by atoms with Crippen molar-refractivity contribution in [1.29, 1.82) is 0 Å². The molecule has 0 spiro atoms. The highest BCUT2D eigenvalue weighted by Crippen LogP contribution is 2.50. The number of anilines is 1. The summed E-state index contributed by atoms with van der Waals surface area (Å²) in [5.74, 6) is 0.0979. The number of allylic oxidation sites excluding steroid dienone is 4. The summed E-state index contributed by atoms with van der Waals surface area (Å²) < 4.78 is 107. The standard InChI is InChI=1S/C22H22F6N2O3S2/c23-21(24,25)20(31,22(26,27)28)15-7-9-16(10-8-15)29-11-12-30(17(13-29)14-5-6-14)35(32,33)19-4-2-1-3-18(19)34/h1-2,4,7-10,14,17,31H,3,5-6,11-13H2/t17-/m0/s1. The van der Waals surface area contributed by atoms with E-state index in [4.69, 9.17) is 12.2 Å². The largest absolute Gasteiger partial charge is 0.430 e. The number of benzene rings is 1. The van der Waals surface area contributed by atoms with Gasteiger partial charge in [0.05, 0.1) is 4.91 Å². The molecule has 0 aromatic heterocycles. The van der Waals surface area contributed by atoms with E-state index in [9.17, 15) is 39.9 Å². The zero-order chi connectivity index (χ0) is 25.8. The third-order valence-corrected chi connectivity index (χ3v) is 9.08. The number of nitrogens with zero attached hydrogens (tertiary/aromatic N) is 2. The zero-order valence-corrected chi connectivity index (χ0v) is 19.8. The Morgan fingerprint density at radius 2 is 1.57 bits per heavy atom. The maximum Gasteiger partial charge on any atom is 0.430 e. The first-order chi connectivity index (χ1) is 16.2. The molecule has 1 saturated heterocycles. The van der Waals surface area contributed by atoms with Crippen LogP contribution < -0.4 is 4.90 Å². The summed E-state index contributed by atoms with van der Waals surface area (Å²) in [6.07, 6.45) is -5.08. The van der Waals surface area contributed by atoms with Gasteiger partial charge in [0, 0.05) is 48.2 Å². The molecule has 1 aromatic rings. The fourth-order valence-corrected chi connectivity index (χ4v) is 6.74. The first-order valence-electron chi connectivity index (χ1n) is 10.8. The lowest BCUT2D eigenvalue weighted by Crippen LogP contribution is -2.56. The van der Waals surface area contributed by atoms with Crippen LogP contribution in [0.25, 0.3) is 0 Å². The second kappa shape index (κ2) is 8.86. The van der Waals surface area contributed by atoms with E-state index in [-0.39, 0.29) is 30.5 Å². The highest BCUT2D eigenvalue weighted by atomic mass is 32.2. The van der Waals surface area contributed by atoms with Gasteiger partial charge in [0.2, 0.25) is 10.0 Å².